The highest BCUT2D eigenvalue weighted by atomic mass is 19.1. The fourth-order valence-corrected chi connectivity index (χ4v) is 1.95. The molecule has 2 N–H and O–H groups in total. The molecule has 5 nitrogen and oxygen atoms in total. The number of hydrogen-bond donors (Lipinski definition) is 1. The molecule has 0 spiro atoms. The molecule has 0 radical (unpaired) electrons. The minimum atomic E-state index is -0.638. The monoisotopic (exact) mass is 271 g/mol. The van der Waals surface area contributed by atoms with Gasteiger partial charge >= 0.3 is 0 Å². The van der Waals surface area contributed by atoms with Crippen molar-refractivity contribution in [1.29, 1.82) is 5.26 Å². The lowest BCUT2D eigenvalue weighted by Gasteiger charge is -2.04. The Morgan fingerprint density at radius 3 is 2.70 bits per heavy atom. The maximum absolute atomic E-state index is 14.0. The van der Waals surface area contributed by atoms with Gasteiger partial charge in [0.15, 0.2) is 5.82 Å². The summed E-state index contributed by atoms with van der Waals surface area (Å²) >= 11 is 0. The van der Waals surface area contributed by atoms with Crippen molar-refractivity contribution in [3.63, 3.8) is 0 Å². The van der Waals surface area contributed by atoms with Crippen LogP contribution in [-0.2, 0) is 0 Å². The molecule has 0 amide bonds. The van der Waals surface area contributed by atoms with Crippen LogP contribution in [0.25, 0.3) is 16.8 Å². The van der Waals surface area contributed by atoms with E-state index in [4.69, 9.17) is 11.0 Å². The van der Waals surface area contributed by atoms with Crippen LogP contribution in [0.15, 0.2) is 30.5 Å². The molecule has 1 aromatic carbocycles. The fourth-order valence-electron chi connectivity index (χ4n) is 1.95. The van der Waals surface area contributed by atoms with Crippen molar-refractivity contribution >= 4 is 11.5 Å². The molecule has 0 aliphatic rings. The van der Waals surface area contributed by atoms with E-state index in [1.807, 2.05) is 6.07 Å². The molecule has 0 saturated carbocycles. The molecule has 0 atom stereocenters. The summed E-state index contributed by atoms with van der Waals surface area (Å²) in [5.74, 6) is -1.27. The normalized spacial score (nSPS) is 10.7. The summed E-state index contributed by atoms with van der Waals surface area (Å²) in [6, 6.07) is 6.90. The van der Waals surface area contributed by atoms with Crippen LogP contribution >= 0.6 is 0 Å². The Kier molecular flexibility index (Phi) is 2.57. The summed E-state index contributed by atoms with van der Waals surface area (Å²) in [4.78, 5) is 3.69. The highest BCUT2D eigenvalue weighted by Crippen LogP contribution is 2.27. The largest absolute Gasteiger partial charge is 0.367 e. The molecule has 0 aliphatic carbocycles. The van der Waals surface area contributed by atoms with Crippen LogP contribution in [0.5, 0.6) is 0 Å². The maximum atomic E-state index is 14.0. The van der Waals surface area contributed by atoms with Crippen molar-refractivity contribution < 1.29 is 8.78 Å². The average Bonchev–Trinajstić information content (AvgIpc) is 2.75. The lowest BCUT2D eigenvalue weighted by molar-refractivity contribution is 0.629. The second-order valence-corrected chi connectivity index (χ2v) is 4.10. The van der Waals surface area contributed by atoms with E-state index in [-0.39, 0.29) is 28.3 Å². The maximum Gasteiger partial charge on any atom is 0.238 e. The number of fused-ring (bicyclic) bond motifs is 1. The van der Waals surface area contributed by atoms with Crippen LogP contribution in [0, 0.1) is 23.0 Å². The zero-order chi connectivity index (χ0) is 14.3. The van der Waals surface area contributed by atoms with Crippen LogP contribution < -0.4 is 5.73 Å². The van der Waals surface area contributed by atoms with Gasteiger partial charge in [0.05, 0.1) is 23.5 Å². The van der Waals surface area contributed by atoms with Crippen LogP contribution in [0.4, 0.5) is 14.7 Å². The Labute approximate surface area is 111 Å². The number of rotatable bonds is 1. The van der Waals surface area contributed by atoms with E-state index in [9.17, 15) is 8.78 Å². The Morgan fingerprint density at radius 2 is 2.00 bits per heavy atom. The Bertz CT molecular complexity index is 863. The van der Waals surface area contributed by atoms with Gasteiger partial charge in [-0.3, -0.25) is 0 Å². The lowest BCUT2D eigenvalue weighted by atomic mass is 10.1. The molecule has 20 heavy (non-hydrogen) atoms. The first-order chi connectivity index (χ1) is 9.60. The molecular weight excluding hydrogens is 264 g/mol. The van der Waals surface area contributed by atoms with Crippen LogP contribution in [0.2, 0.25) is 0 Å². The quantitative estimate of drug-likeness (QED) is 0.735. The van der Waals surface area contributed by atoms with Gasteiger partial charge < -0.3 is 5.73 Å². The number of benzene rings is 1. The SMILES string of the molecule is N#Cc1ccc(-c2cc(F)c3cnc(N)nn23)c(F)c1. The van der Waals surface area contributed by atoms with Crippen molar-refractivity contribution in [3.8, 4) is 17.3 Å². The third kappa shape index (κ3) is 1.75. The lowest BCUT2D eigenvalue weighted by Crippen LogP contribution is -2.02. The first kappa shape index (κ1) is 12.0. The second-order valence-electron chi connectivity index (χ2n) is 4.10. The predicted octanol–water partition coefficient (Wildman–Crippen LogP) is 2.13. The third-order valence-corrected chi connectivity index (χ3v) is 2.86. The molecule has 0 saturated heterocycles. The topological polar surface area (TPSA) is 80.0 Å². The van der Waals surface area contributed by atoms with Gasteiger partial charge in [0.1, 0.15) is 11.3 Å². The zero-order valence-electron chi connectivity index (χ0n) is 10.0. The molecule has 0 unspecified atom stereocenters. The van der Waals surface area contributed by atoms with E-state index in [1.54, 1.807) is 0 Å². The third-order valence-electron chi connectivity index (χ3n) is 2.86. The number of anilines is 1. The van der Waals surface area contributed by atoms with Gasteiger partial charge in [-0.2, -0.15) is 5.26 Å². The van der Waals surface area contributed by atoms with E-state index in [1.165, 1.54) is 22.8 Å². The van der Waals surface area contributed by atoms with Crippen LogP contribution in [0.1, 0.15) is 5.56 Å². The average molecular weight is 271 g/mol. The number of nitrogens with two attached hydrogens (primary N) is 1. The van der Waals surface area contributed by atoms with Crippen molar-refractivity contribution in [2.75, 3.05) is 5.73 Å². The van der Waals surface area contributed by atoms with Crippen LogP contribution in [-0.4, -0.2) is 14.6 Å². The summed E-state index contributed by atoms with van der Waals surface area (Å²) in [5, 5.41) is 12.6. The number of nitrogen functional groups attached to an aromatic ring is 1. The molecule has 0 bridgehead atoms. The second kappa shape index (κ2) is 4.28. The minimum absolute atomic E-state index is 0.0524. The number of hydrogen-bond acceptors (Lipinski definition) is 4. The van der Waals surface area contributed by atoms with Crippen LogP contribution in [0.3, 0.4) is 0 Å². The fraction of sp³-hybridized carbons (Fsp3) is 0. The Morgan fingerprint density at radius 1 is 1.20 bits per heavy atom. The van der Waals surface area contributed by atoms with Gasteiger partial charge in [-0.25, -0.2) is 18.3 Å². The number of aromatic nitrogens is 3. The van der Waals surface area contributed by atoms with Gasteiger partial charge in [-0.15, -0.1) is 5.10 Å². The summed E-state index contributed by atoms with van der Waals surface area (Å²) in [6.07, 6.45) is 1.22. The number of nitriles is 1. The molecule has 98 valence electrons. The summed E-state index contributed by atoms with van der Waals surface area (Å²) in [7, 11) is 0. The van der Waals surface area contributed by atoms with E-state index >= 15 is 0 Å². The molecule has 2 aromatic heterocycles. The Hall–Kier alpha value is -3.01. The van der Waals surface area contributed by atoms with Gasteiger partial charge in [0.25, 0.3) is 0 Å². The van der Waals surface area contributed by atoms with Crippen molar-refractivity contribution in [3.05, 3.63) is 47.7 Å². The molecule has 3 aromatic rings. The highest BCUT2D eigenvalue weighted by molar-refractivity contribution is 5.68. The Balaban J connectivity index is 2.30. The molecule has 3 rings (SSSR count). The van der Waals surface area contributed by atoms with E-state index in [0.29, 0.717) is 0 Å². The summed E-state index contributed by atoms with van der Waals surface area (Å²) in [6.45, 7) is 0. The first-order valence-corrected chi connectivity index (χ1v) is 5.60. The van der Waals surface area contributed by atoms with Crippen molar-refractivity contribution in [1.82, 2.24) is 14.6 Å². The zero-order valence-corrected chi connectivity index (χ0v) is 10.0. The molecule has 7 heteroatoms. The molecular formula is C13H7F2N5. The van der Waals surface area contributed by atoms with Gasteiger partial charge in [-0.1, -0.05) is 0 Å². The standard InChI is InChI=1S/C13H7F2N5/c14-9-3-7(5-16)1-2-8(9)11-4-10(15)12-6-18-13(17)19-20(11)12/h1-4,6H,(H2,17,19). The van der Waals surface area contributed by atoms with E-state index < -0.39 is 11.6 Å². The summed E-state index contributed by atoms with van der Waals surface area (Å²) < 4.78 is 29.0. The van der Waals surface area contributed by atoms with Gasteiger partial charge in [0.2, 0.25) is 5.95 Å². The van der Waals surface area contributed by atoms with E-state index in [0.717, 1.165) is 12.1 Å². The molecule has 2 heterocycles. The van der Waals surface area contributed by atoms with Crippen molar-refractivity contribution in [2.45, 2.75) is 0 Å². The highest BCUT2D eigenvalue weighted by Gasteiger charge is 2.15. The number of halogens is 2. The smallest absolute Gasteiger partial charge is 0.238 e. The molecule has 0 aliphatic heterocycles. The van der Waals surface area contributed by atoms with Gasteiger partial charge in [0, 0.05) is 11.6 Å². The van der Waals surface area contributed by atoms with Gasteiger partial charge in [-0.05, 0) is 18.2 Å². The first-order valence-electron chi connectivity index (χ1n) is 5.60. The summed E-state index contributed by atoms with van der Waals surface area (Å²) in [5.41, 5.74) is 6.07. The van der Waals surface area contributed by atoms with Crippen molar-refractivity contribution in [2.24, 2.45) is 0 Å². The van der Waals surface area contributed by atoms with E-state index in [2.05, 4.69) is 10.1 Å². The predicted molar refractivity (Wildman–Crippen MR) is 67.5 cm³/mol. The number of nitrogens with zero attached hydrogens (tertiary/aromatic N) is 4. The minimum Gasteiger partial charge on any atom is -0.367 e. The molecule has 0 fully saturated rings.